The lowest BCUT2D eigenvalue weighted by Crippen LogP contribution is -2.38. The minimum absolute atomic E-state index is 0. The van der Waals surface area contributed by atoms with Gasteiger partial charge in [0.25, 0.3) is 0 Å². The lowest BCUT2D eigenvalue weighted by atomic mass is 10.1. The number of hydrogen-bond donors (Lipinski definition) is 2. The highest BCUT2D eigenvalue weighted by atomic mass is 35.5. The van der Waals surface area contributed by atoms with Crippen molar-refractivity contribution in [2.45, 2.75) is 26.3 Å². The van der Waals surface area contributed by atoms with Crippen molar-refractivity contribution >= 4 is 35.2 Å². The van der Waals surface area contributed by atoms with Gasteiger partial charge in [0.05, 0.1) is 23.7 Å². The number of fused-ring (bicyclic) bond motifs is 1. The summed E-state index contributed by atoms with van der Waals surface area (Å²) in [6, 6.07) is 11.1. The van der Waals surface area contributed by atoms with E-state index in [0.29, 0.717) is 54.2 Å². The van der Waals surface area contributed by atoms with E-state index < -0.39 is 6.09 Å². The summed E-state index contributed by atoms with van der Waals surface area (Å²) in [7, 11) is 0. The molecule has 4 rings (SSSR count). The Balaban J connectivity index is 0.00000289. The molecule has 1 atom stereocenters. The first-order valence-corrected chi connectivity index (χ1v) is 10.3. The molecule has 1 aromatic heterocycles. The van der Waals surface area contributed by atoms with Crippen LogP contribution in [0.3, 0.4) is 0 Å². The molecule has 1 saturated heterocycles. The molecule has 0 saturated carbocycles. The highest BCUT2D eigenvalue weighted by molar-refractivity contribution is 5.91. The van der Waals surface area contributed by atoms with Gasteiger partial charge in [0.2, 0.25) is 0 Å². The van der Waals surface area contributed by atoms with Gasteiger partial charge in [-0.15, -0.1) is 12.4 Å². The Labute approximate surface area is 192 Å². The van der Waals surface area contributed by atoms with Gasteiger partial charge >= 0.3 is 6.09 Å². The van der Waals surface area contributed by atoms with Crippen molar-refractivity contribution in [1.29, 1.82) is 0 Å². The van der Waals surface area contributed by atoms with E-state index in [1.165, 1.54) is 12.1 Å². The number of aromatic hydroxyl groups is 1. The monoisotopic (exact) mass is 460 g/mol. The maximum Gasteiger partial charge on any atom is 0.407 e. The molecule has 1 fully saturated rings. The number of aromatic nitrogens is 2. The summed E-state index contributed by atoms with van der Waals surface area (Å²) in [5.74, 6) is 0.894. The van der Waals surface area contributed by atoms with E-state index in [0.717, 1.165) is 0 Å². The topological polar surface area (TPSA) is 87.6 Å². The van der Waals surface area contributed by atoms with Crippen molar-refractivity contribution in [3.05, 3.63) is 48.3 Å². The molecule has 9 heteroatoms. The number of rotatable bonds is 5. The van der Waals surface area contributed by atoms with Crippen LogP contribution in [0.5, 0.6) is 5.75 Å². The molecule has 0 aliphatic carbocycles. The Hall–Kier alpha value is -3.13. The molecule has 1 aliphatic heterocycles. The van der Waals surface area contributed by atoms with Gasteiger partial charge in [0.1, 0.15) is 17.4 Å². The van der Waals surface area contributed by atoms with Crippen molar-refractivity contribution in [2.75, 3.05) is 24.6 Å². The fraction of sp³-hybridized carbons (Fsp3) is 0.348. The van der Waals surface area contributed by atoms with Crippen molar-refractivity contribution in [3.63, 3.8) is 0 Å². The molecule has 1 amide bonds. The summed E-state index contributed by atoms with van der Waals surface area (Å²) in [5.41, 5.74) is 1.08. The number of alkyl carbamates (subject to hydrolysis) is 1. The van der Waals surface area contributed by atoms with Gasteiger partial charge in [0, 0.05) is 18.5 Å². The van der Waals surface area contributed by atoms with Gasteiger partial charge in [-0.1, -0.05) is 26.0 Å². The molecule has 0 unspecified atom stereocenters. The first-order valence-electron chi connectivity index (χ1n) is 10.3. The molecule has 2 heterocycles. The third-order valence-electron chi connectivity index (χ3n) is 5.14. The van der Waals surface area contributed by atoms with E-state index in [4.69, 9.17) is 4.74 Å². The van der Waals surface area contributed by atoms with E-state index in [1.807, 2.05) is 18.7 Å². The van der Waals surface area contributed by atoms with Gasteiger partial charge < -0.3 is 20.1 Å². The highest BCUT2D eigenvalue weighted by Gasteiger charge is 2.27. The summed E-state index contributed by atoms with van der Waals surface area (Å²) >= 11 is 0. The number of carbonyl (C=O) groups is 1. The number of phenols is 1. The Bertz CT molecular complexity index is 1110. The van der Waals surface area contributed by atoms with Crippen LogP contribution in [0.2, 0.25) is 0 Å². The number of benzene rings is 2. The van der Waals surface area contributed by atoms with Crippen molar-refractivity contribution in [2.24, 2.45) is 5.92 Å². The van der Waals surface area contributed by atoms with Gasteiger partial charge in [-0.2, -0.15) is 0 Å². The van der Waals surface area contributed by atoms with Gasteiger partial charge in [-0.25, -0.2) is 19.2 Å². The molecule has 2 aromatic carbocycles. The second kappa shape index (κ2) is 9.99. The van der Waals surface area contributed by atoms with Gasteiger partial charge in [0.15, 0.2) is 5.82 Å². The van der Waals surface area contributed by atoms with Crippen LogP contribution in [0.15, 0.2) is 42.5 Å². The summed E-state index contributed by atoms with van der Waals surface area (Å²) in [6.07, 6.45) is 0.276. The fourth-order valence-electron chi connectivity index (χ4n) is 3.63. The maximum absolute atomic E-state index is 14.0. The molecule has 2 N–H and O–H groups in total. The molecule has 0 radical (unpaired) electrons. The van der Waals surface area contributed by atoms with Crippen LogP contribution in [-0.2, 0) is 4.74 Å². The second-order valence-electron chi connectivity index (χ2n) is 8.12. The third kappa shape index (κ3) is 5.19. The standard InChI is InChI=1S/C23H25FN4O3.ClH/c1-14(2)13-31-23(30)25-16-9-10-28(12-16)22-18-11-15(24)7-8-19(18)26-21(27-22)17-5-3-4-6-20(17)29;/h3-8,11,14,16,29H,9-10,12-13H2,1-2H3,(H,25,30);1H/t16-;/m1./s1. The fourth-order valence-corrected chi connectivity index (χ4v) is 3.63. The van der Waals surface area contributed by atoms with Crippen LogP contribution in [0.4, 0.5) is 15.0 Å². The number of para-hydroxylation sites is 1. The Morgan fingerprint density at radius 1 is 1.28 bits per heavy atom. The Morgan fingerprint density at radius 2 is 2.06 bits per heavy atom. The molecule has 0 bridgehead atoms. The normalized spacial score (nSPS) is 15.6. The molecule has 0 spiro atoms. The van der Waals surface area contributed by atoms with Crippen molar-refractivity contribution in [1.82, 2.24) is 15.3 Å². The summed E-state index contributed by atoms with van der Waals surface area (Å²) in [6.45, 7) is 5.47. The van der Waals surface area contributed by atoms with Crippen LogP contribution >= 0.6 is 12.4 Å². The molecule has 7 nitrogen and oxygen atoms in total. The highest BCUT2D eigenvalue weighted by Crippen LogP contribution is 2.33. The number of amides is 1. The summed E-state index contributed by atoms with van der Waals surface area (Å²) in [4.78, 5) is 23.2. The van der Waals surface area contributed by atoms with Crippen LogP contribution in [-0.4, -0.2) is 46.9 Å². The molecule has 3 aromatic rings. The third-order valence-corrected chi connectivity index (χ3v) is 5.14. The van der Waals surface area contributed by atoms with Crippen LogP contribution in [0.1, 0.15) is 20.3 Å². The molecule has 170 valence electrons. The minimum Gasteiger partial charge on any atom is -0.507 e. The van der Waals surface area contributed by atoms with E-state index in [-0.39, 0.29) is 35.9 Å². The largest absolute Gasteiger partial charge is 0.507 e. The number of hydrogen-bond acceptors (Lipinski definition) is 6. The zero-order valence-electron chi connectivity index (χ0n) is 17.9. The van der Waals surface area contributed by atoms with E-state index in [2.05, 4.69) is 15.3 Å². The Kier molecular flexibility index (Phi) is 7.35. The number of anilines is 1. The molecular formula is C23H26ClFN4O3. The Morgan fingerprint density at radius 3 is 2.81 bits per heavy atom. The first-order chi connectivity index (χ1) is 14.9. The van der Waals surface area contributed by atoms with Gasteiger partial charge in [-0.3, -0.25) is 0 Å². The quantitative estimate of drug-likeness (QED) is 0.582. The van der Waals surface area contributed by atoms with Crippen LogP contribution < -0.4 is 10.2 Å². The van der Waals surface area contributed by atoms with Gasteiger partial charge in [-0.05, 0) is 42.7 Å². The number of carbonyl (C=O) groups excluding carboxylic acids is 1. The lowest BCUT2D eigenvalue weighted by molar-refractivity contribution is 0.130. The van der Waals surface area contributed by atoms with E-state index in [1.54, 1.807) is 30.3 Å². The predicted octanol–water partition coefficient (Wildman–Crippen LogP) is 4.52. The van der Waals surface area contributed by atoms with Crippen LogP contribution in [0.25, 0.3) is 22.3 Å². The maximum atomic E-state index is 14.0. The number of nitrogens with one attached hydrogen (secondary N) is 1. The SMILES string of the molecule is CC(C)COC(=O)N[C@@H]1CCN(c2nc(-c3ccccc3O)nc3ccc(F)cc23)C1.Cl. The van der Waals surface area contributed by atoms with E-state index >= 15 is 0 Å². The van der Waals surface area contributed by atoms with Crippen molar-refractivity contribution < 1.29 is 19.0 Å². The summed E-state index contributed by atoms with van der Waals surface area (Å²) in [5, 5.41) is 13.7. The zero-order chi connectivity index (χ0) is 22.0. The first kappa shape index (κ1) is 23.5. The van der Waals surface area contributed by atoms with Crippen molar-refractivity contribution in [3.8, 4) is 17.1 Å². The molecule has 32 heavy (non-hydrogen) atoms. The second-order valence-corrected chi connectivity index (χ2v) is 8.12. The molecule has 1 aliphatic rings. The zero-order valence-corrected chi connectivity index (χ0v) is 18.7. The lowest BCUT2D eigenvalue weighted by Gasteiger charge is -2.21. The average molecular weight is 461 g/mol. The van der Waals surface area contributed by atoms with E-state index in [9.17, 15) is 14.3 Å². The number of nitrogens with zero attached hydrogens (tertiary/aromatic N) is 3. The summed E-state index contributed by atoms with van der Waals surface area (Å²) < 4.78 is 19.2. The minimum atomic E-state index is -0.436. The molecular weight excluding hydrogens is 435 g/mol. The number of halogens is 2. The smallest absolute Gasteiger partial charge is 0.407 e. The number of phenolic OH excluding ortho intramolecular Hbond substituents is 1. The number of ether oxygens (including phenoxy) is 1. The van der Waals surface area contributed by atoms with Crippen LogP contribution in [0, 0.1) is 11.7 Å². The average Bonchev–Trinajstić information content (AvgIpc) is 3.20. The predicted molar refractivity (Wildman–Crippen MR) is 124 cm³/mol.